The highest BCUT2D eigenvalue weighted by molar-refractivity contribution is 6.10. The minimum atomic E-state index is -0.360. The molecule has 29 heavy (non-hydrogen) atoms. The van der Waals surface area contributed by atoms with Crippen LogP contribution in [0.2, 0.25) is 0 Å². The van der Waals surface area contributed by atoms with E-state index in [9.17, 15) is 4.79 Å². The van der Waals surface area contributed by atoms with Gasteiger partial charge in [0.1, 0.15) is 16.9 Å². The molecule has 0 bridgehead atoms. The second kappa shape index (κ2) is 8.03. The van der Waals surface area contributed by atoms with Gasteiger partial charge in [0.05, 0.1) is 29.5 Å². The summed E-state index contributed by atoms with van der Waals surface area (Å²) in [4.78, 5) is 26.2. The maximum absolute atomic E-state index is 12.8. The molecule has 0 unspecified atom stereocenters. The van der Waals surface area contributed by atoms with Gasteiger partial charge in [0.15, 0.2) is 5.65 Å². The van der Waals surface area contributed by atoms with Crippen molar-refractivity contribution in [3.05, 3.63) is 59.9 Å². The number of methoxy groups -OCH3 is 1. The molecule has 0 aliphatic rings. The van der Waals surface area contributed by atoms with Crippen molar-refractivity contribution in [2.24, 2.45) is 5.10 Å². The Kier molecular flexibility index (Phi) is 5.12. The minimum absolute atomic E-state index is 0.150. The number of fused-ring (bicyclic) bond motifs is 2. The molecule has 0 fully saturated rings. The fraction of sp³-hybridized carbons (Fsp3) is 0.150. The third kappa shape index (κ3) is 3.63. The quantitative estimate of drug-likeness (QED) is 0.383. The summed E-state index contributed by atoms with van der Waals surface area (Å²) >= 11 is 0. The Hall–Kier alpha value is -3.85. The van der Waals surface area contributed by atoms with Crippen LogP contribution in [0.5, 0.6) is 0 Å². The van der Waals surface area contributed by atoms with E-state index < -0.39 is 0 Å². The number of carbonyl (C=O) groups is 1. The number of carbonyl (C=O) groups excluding carboxylic acids is 1. The number of nitrogen functional groups attached to an aromatic ring is 1. The van der Waals surface area contributed by atoms with E-state index in [1.165, 1.54) is 4.68 Å². The monoisotopic (exact) mass is 389 g/mol. The molecule has 4 aromatic rings. The maximum Gasteiger partial charge on any atom is 0.257 e. The lowest BCUT2D eigenvalue weighted by Crippen LogP contribution is -2.27. The molecule has 0 atom stereocenters. The highest BCUT2D eigenvalue weighted by atomic mass is 16.5. The molecule has 4 rings (SSSR count). The topological polar surface area (TPSA) is 120 Å². The molecule has 3 N–H and O–H groups in total. The summed E-state index contributed by atoms with van der Waals surface area (Å²) < 4.78 is 6.40. The van der Waals surface area contributed by atoms with Crippen molar-refractivity contribution in [2.75, 3.05) is 26.0 Å². The Morgan fingerprint density at radius 2 is 1.97 bits per heavy atom. The Morgan fingerprint density at radius 3 is 2.69 bits per heavy atom. The summed E-state index contributed by atoms with van der Waals surface area (Å²) in [7, 11) is 1.57. The van der Waals surface area contributed by atoms with Crippen LogP contribution in [0.15, 0.2) is 53.8 Å². The zero-order valence-electron chi connectivity index (χ0n) is 15.7. The van der Waals surface area contributed by atoms with Crippen LogP contribution >= 0.6 is 0 Å². The van der Waals surface area contributed by atoms with Gasteiger partial charge in [-0.3, -0.25) is 9.78 Å². The van der Waals surface area contributed by atoms with E-state index in [0.717, 1.165) is 0 Å². The predicted molar refractivity (Wildman–Crippen MR) is 111 cm³/mol. The number of hydrogen-bond donors (Lipinski definition) is 2. The van der Waals surface area contributed by atoms with Crippen molar-refractivity contribution in [1.29, 1.82) is 0 Å². The lowest BCUT2D eigenvalue weighted by molar-refractivity contribution is 0.0939. The number of amides is 1. The smallest absolute Gasteiger partial charge is 0.257 e. The van der Waals surface area contributed by atoms with Gasteiger partial charge in [0.2, 0.25) is 0 Å². The number of anilines is 1. The zero-order chi connectivity index (χ0) is 20.2. The number of pyridine rings is 1. The van der Waals surface area contributed by atoms with Crippen LogP contribution < -0.4 is 11.1 Å². The van der Waals surface area contributed by atoms with Crippen LogP contribution in [0.25, 0.3) is 22.2 Å². The van der Waals surface area contributed by atoms with Crippen LogP contribution in [-0.2, 0) is 4.74 Å². The second-order valence-corrected chi connectivity index (χ2v) is 6.20. The van der Waals surface area contributed by atoms with Crippen molar-refractivity contribution in [1.82, 2.24) is 24.9 Å². The van der Waals surface area contributed by atoms with Crippen molar-refractivity contribution in [3.8, 4) is 0 Å². The van der Waals surface area contributed by atoms with Crippen molar-refractivity contribution in [3.63, 3.8) is 0 Å². The largest absolute Gasteiger partial charge is 0.383 e. The summed E-state index contributed by atoms with van der Waals surface area (Å²) in [6.07, 6.45) is 3.22. The molecule has 0 aliphatic heterocycles. The van der Waals surface area contributed by atoms with Gasteiger partial charge in [-0.1, -0.05) is 18.2 Å². The standard InChI is InChI=1S/C20H19N7O2/c1-29-11-10-23-20(28)16-17-19(26-15-8-3-2-7-14(15)25-17)27(18(16)21)24-12-13-6-4-5-9-22-13/h2-9,12H,10-11,21H2,1H3,(H,23,28)/b24-12-. The summed E-state index contributed by atoms with van der Waals surface area (Å²) in [6, 6.07) is 12.9. The molecule has 3 aromatic heterocycles. The molecule has 0 aliphatic carbocycles. The number of nitrogens with zero attached hydrogens (tertiary/aromatic N) is 5. The Morgan fingerprint density at radius 1 is 1.21 bits per heavy atom. The molecule has 0 saturated heterocycles. The number of nitrogens with one attached hydrogen (secondary N) is 1. The summed E-state index contributed by atoms with van der Waals surface area (Å²) in [5.74, 6) is -0.210. The van der Waals surface area contributed by atoms with E-state index in [-0.39, 0.29) is 17.3 Å². The lowest BCUT2D eigenvalue weighted by atomic mass is 10.2. The van der Waals surface area contributed by atoms with Gasteiger partial charge in [0, 0.05) is 19.9 Å². The van der Waals surface area contributed by atoms with Gasteiger partial charge in [0.25, 0.3) is 5.91 Å². The molecule has 9 nitrogen and oxygen atoms in total. The fourth-order valence-corrected chi connectivity index (χ4v) is 2.91. The first-order valence-corrected chi connectivity index (χ1v) is 8.98. The number of aromatic nitrogens is 4. The van der Waals surface area contributed by atoms with Crippen molar-refractivity contribution in [2.45, 2.75) is 0 Å². The van der Waals surface area contributed by atoms with E-state index in [1.807, 2.05) is 42.5 Å². The molecule has 0 saturated carbocycles. The third-order valence-electron chi connectivity index (χ3n) is 4.29. The Balaban J connectivity index is 1.87. The van der Waals surface area contributed by atoms with Gasteiger partial charge in [-0.2, -0.15) is 9.78 Å². The third-order valence-corrected chi connectivity index (χ3v) is 4.29. The first-order chi connectivity index (χ1) is 14.2. The molecule has 3 heterocycles. The fourth-order valence-electron chi connectivity index (χ4n) is 2.91. The summed E-state index contributed by atoms with van der Waals surface area (Å²) in [5.41, 5.74) is 9.30. The molecule has 1 aromatic carbocycles. The molecule has 9 heteroatoms. The highest BCUT2D eigenvalue weighted by Crippen LogP contribution is 2.27. The van der Waals surface area contributed by atoms with E-state index >= 15 is 0 Å². The van der Waals surface area contributed by atoms with Gasteiger partial charge < -0.3 is 15.8 Å². The second-order valence-electron chi connectivity index (χ2n) is 6.20. The van der Waals surface area contributed by atoms with E-state index in [1.54, 1.807) is 19.5 Å². The summed E-state index contributed by atoms with van der Waals surface area (Å²) in [5, 5.41) is 7.19. The van der Waals surface area contributed by atoms with E-state index in [4.69, 9.17) is 10.5 Å². The maximum atomic E-state index is 12.8. The van der Waals surface area contributed by atoms with Crippen LogP contribution in [0.4, 0.5) is 5.82 Å². The number of nitrogens with two attached hydrogens (primary N) is 1. The van der Waals surface area contributed by atoms with E-state index in [0.29, 0.717) is 41.0 Å². The first-order valence-electron chi connectivity index (χ1n) is 8.98. The van der Waals surface area contributed by atoms with Crippen LogP contribution in [-0.4, -0.2) is 52.0 Å². The molecular formula is C20H19N7O2. The molecule has 1 amide bonds. The van der Waals surface area contributed by atoms with Crippen LogP contribution in [0.3, 0.4) is 0 Å². The number of ether oxygens (including phenoxy) is 1. The predicted octanol–water partition coefficient (Wildman–Crippen LogP) is 1.82. The normalized spacial score (nSPS) is 11.5. The van der Waals surface area contributed by atoms with Crippen LogP contribution in [0, 0.1) is 0 Å². The number of benzene rings is 1. The van der Waals surface area contributed by atoms with Crippen molar-refractivity contribution >= 4 is 40.1 Å². The Bertz CT molecular complexity index is 1200. The summed E-state index contributed by atoms with van der Waals surface area (Å²) in [6.45, 7) is 0.733. The van der Waals surface area contributed by atoms with Crippen LogP contribution in [0.1, 0.15) is 16.1 Å². The van der Waals surface area contributed by atoms with Gasteiger partial charge in [-0.05, 0) is 24.3 Å². The Labute approximate surface area is 166 Å². The number of rotatable bonds is 6. The molecule has 146 valence electrons. The molecule has 0 spiro atoms. The number of para-hydroxylation sites is 2. The average Bonchev–Trinajstić information content (AvgIpc) is 3.01. The number of hydrogen-bond acceptors (Lipinski definition) is 7. The SMILES string of the molecule is COCCNC(=O)c1c(N)n(/N=C\c2ccccn2)c2nc3ccccc3nc12. The van der Waals surface area contributed by atoms with Gasteiger partial charge in [-0.15, -0.1) is 0 Å². The van der Waals surface area contributed by atoms with Crippen molar-refractivity contribution < 1.29 is 9.53 Å². The minimum Gasteiger partial charge on any atom is -0.383 e. The average molecular weight is 389 g/mol. The van der Waals surface area contributed by atoms with Gasteiger partial charge >= 0.3 is 0 Å². The molecular weight excluding hydrogens is 370 g/mol. The van der Waals surface area contributed by atoms with Gasteiger partial charge in [-0.25, -0.2) is 9.97 Å². The molecule has 0 radical (unpaired) electrons. The zero-order valence-corrected chi connectivity index (χ0v) is 15.7. The first kappa shape index (κ1) is 18.5. The van der Waals surface area contributed by atoms with E-state index in [2.05, 4.69) is 25.4 Å². The lowest BCUT2D eigenvalue weighted by Gasteiger charge is -2.04. The highest BCUT2D eigenvalue weighted by Gasteiger charge is 2.23.